The summed E-state index contributed by atoms with van der Waals surface area (Å²) in [6.45, 7) is 1.47. The molecule has 1 N–H and O–H groups in total. The molecule has 2 amide bonds. The smallest absolute Gasteiger partial charge is 0.266 e. The average molecular weight is 361 g/mol. The maximum atomic E-state index is 12.8. The highest BCUT2D eigenvalue weighted by atomic mass is 32.2. The Hall–Kier alpha value is -1.66. The second kappa shape index (κ2) is 7.49. The molecule has 3 rings (SSSR count). The summed E-state index contributed by atoms with van der Waals surface area (Å²) in [4.78, 5) is 26.6. The van der Waals surface area contributed by atoms with E-state index in [2.05, 4.69) is 5.32 Å². The standard InChI is InChI=1S/C18H20N2O2S2/c1-12(21)19-15-10-6-5-7-13(15)11-16-17(22)20(18(23)24-16)14-8-3-2-4-9-14/h5-7,10-11,14H,2-4,8-9H2,1H3,(H,19,21)/b16-11+. The molecule has 1 heterocycles. The van der Waals surface area contributed by atoms with Gasteiger partial charge in [-0.2, -0.15) is 0 Å². The molecule has 0 radical (unpaired) electrons. The van der Waals surface area contributed by atoms with Crippen molar-refractivity contribution in [2.45, 2.75) is 45.1 Å². The van der Waals surface area contributed by atoms with Gasteiger partial charge in [0.25, 0.3) is 5.91 Å². The summed E-state index contributed by atoms with van der Waals surface area (Å²) in [5, 5.41) is 2.80. The monoisotopic (exact) mass is 360 g/mol. The second-order valence-electron chi connectivity index (χ2n) is 6.11. The lowest BCUT2D eigenvalue weighted by Gasteiger charge is -2.29. The molecule has 1 aromatic rings. The zero-order valence-electron chi connectivity index (χ0n) is 13.6. The van der Waals surface area contributed by atoms with E-state index >= 15 is 0 Å². The van der Waals surface area contributed by atoms with Crippen molar-refractivity contribution in [1.82, 2.24) is 4.90 Å². The van der Waals surface area contributed by atoms with Crippen LogP contribution in [0, 0.1) is 0 Å². The van der Waals surface area contributed by atoms with Gasteiger partial charge in [0.1, 0.15) is 4.32 Å². The number of hydrogen-bond acceptors (Lipinski definition) is 4. The van der Waals surface area contributed by atoms with Gasteiger partial charge in [0.15, 0.2) is 0 Å². The number of benzene rings is 1. The highest BCUT2D eigenvalue weighted by Crippen LogP contribution is 2.37. The number of thiocarbonyl (C=S) groups is 1. The Morgan fingerprint density at radius 2 is 2.00 bits per heavy atom. The van der Waals surface area contributed by atoms with Crippen molar-refractivity contribution in [3.8, 4) is 0 Å². The van der Waals surface area contributed by atoms with Crippen molar-refractivity contribution in [1.29, 1.82) is 0 Å². The molecule has 2 aliphatic rings. The van der Waals surface area contributed by atoms with Crippen molar-refractivity contribution in [2.75, 3.05) is 5.32 Å². The predicted molar refractivity (Wildman–Crippen MR) is 103 cm³/mol. The van der Waals surface area contributed by atoms with Crippen molar-refractivity contribution in [3.05, 3.63) is 34.7 Å². The number of hydrogen-bond donors (Lipinski definition) is 1. The van der Waals surface area contributed by atoms with Gasteiger partial charge in [-0.05, 0) is 30.5 Å². The van der Waals surface area contributed by atoms with E-state index in [-0.39, 0.29) is 17.9 Å². The van der Waals surface area contributed by atoms with E-state index in [0.717, 1.165) is 31.2 Å². The lowest BCUT2D eigenvalue weighted by Crippen LogP contribution is -2.39. The van der Waals surface area contributed by atoms with Crippen LogP contribution in [0.3, 0.4) is 0 Å². The van der Waals surface area contributed by atoms with Crippen LogP contribution in [0.15, 0.2) is 29.2 Å². The summed E-state index contributed by atoms with van der Waals surface area (Å²) in [5.41, 5.74) is 1.52. The van der Waals surface area contributed by atoms with E-state index in [1.54, 1.807) is 4.90 Å². The fourth-order valence-corrected chi connectivity index (χ4v) is 4.59. The van der Waals surface area contributed by atoms with Crippen LogP contribution in [0.25, 0.3) is 6.08 Å². The van der Waals surface area contributed by atoms with Crippen molar-refractivity contribution < 1.29 is 9.59 Å². The van der Waals surface area contributed by atoms with Gasteiger partial charge in [-0.1, -0.05) is 61.4 Å². The zero-order chi connectivity index (χ0) is 17.1. The highest BCUT2D eigenvalue weighted by Gasteiger charge is 2.37. The van der Waals surface area contributed by atoms with Crippen LogP contribution in [-0.4, -0.2) is 27.1 Å². The third kappa shape index (κ3) is 3.70. The fraction of sp³-hybridized carbons (Fsp3) is 0.389. The van der Waals surface area contributed by atoms with Crippen LogP contribution >= 0.6 is 24.0 Å². The lowest BCUT2D eigenvalue weighted by atomic mass is 9.94. The number of carbonyl (C=O) groups is 2. The Kier molecular flexibility index (Phi) is 5.36. The minimum absolute atomic E-state index is 0.00507. The number of para-hydroxylation sites is 1. The SMILES string of the molecule is CC(=O)Nc1ccccc1/C=C1/SC(=S)N(C2CCCCC2)C1=O. The Balaban J connectivity index is 1.85. The molecule has 1 aliphatic heterocycles. The molecule has 2 fully saturated rings. The Bertz CT molecular complexity index is 709. The Morgan fingerprint density at radius 3 is 2.71 bits per heavy atom. The molecule has 1 saturated heterocycles. The van der Waals surface area contributed by atoms with Gasteiger partial charge >= 0.3 is 0 Å². The maximum Gasteiger partial charge on any atom is 0.266 e. The largest absolute Gasteiger partial charge is 0.326 e. The predicted octanol–water partition coefficient (Wildman–Crippen LogP) is 4.18. The first-order chi connectivity index (χ1) is 11.6. The zero-order valence-corrected chi connectivity index (χ0v) is 15.2. The van der Waals surface area contributed by atoms with Crippen LogP contribution in [0.4, 0.5) is 5.69 Å². The van der Waals surface area contributed by atoms with Gasteiger partial charge in [0, 0.05) is 18.7 Å². The van der Waals surface area contributed by atoms with Crippen LogP contribution in [0.1, 0.15) is 44.6 Å². The van der Waals surface area contributed by atoms with E-state index in [1.165, 1.54) is 25.1 Å². The minimum Gasteiger partial charge on any atom is -0.326 e. The molecule has 1 aromatic carbocycles. The van der Waals surface area contributed by atoms with Gasteiger partial charge in [0.2, 0.25) is 5.91 Å². The van der Waals surface area contributed by atoms with Gasteiger partial charge in [-0.25, -0.2) is 0 Å². The number of thioether (sulfide) groups is 1. The number of carbonyl (C=O) groups excluding carboxylic acids is 2. The summed E-state index contributed by atoms with van der Waals surface area (Å²) in [6, 6.07) is 7.70. The number of amides is 2. The highest BCUT2D eigenvalue weighted by molar-refractivity contribution is 8.26. The van der Waals surface area contributed by atoms with E-state index in [4.69, 9.17) is 12.2 Å². The molecule has 6 heteroatoms. The Labute approximate surface area is 151 Å². The summed E-state index contributed by atoms with van der Waals surface area (Å²) in [5.74, 6) is -0.139. The van der Waals surface area contributed by atoms with Crippen LogP contribution in [-0.2, 0) is 9.59 Å². The Morgan fingerprint density at radius 1 is 1.29 bits per heavy atom. The minimum atomic E-state index is -0.134. The van der Waals surface area contributed by atoms with Crippen molar-refractivity contribution in [2.24, 2.45) is 0 Å². The molecule has 1 aliphatic carbocycles. The summed E-state index contributed by atoms with van der Waals surface area (Å²) < 4.78 is 0.648. The summed E-state index contributed by atoms with van der Waals surface area (Å²) >= 11 is 6.81. The van der Waals surface area contributed by atoms with E-state index in [0.29, 0.717) is 14.9 Å². The average Bonchev–Trinajstić information content (AvgIpc) is 2.83. The van der Waals surface area contributed by atoms with Gasteiger partial charge in [-0.15, -0.1) is 0 Å². The maximum absolute atomic E-state index is 12.8. The normalized spacial score (nSPS) is 20.7. The lowest BCUT2D eigenvalue weighted by molar-refractivity contribution is -0.124. The number of nitrogens with one attached hydrogen (secondary N) is 1. The molecule has 1 saturated carbocycles. The first kappa shape index (κ1) is 17.2. The molecule has 0 unspecified atom stereocenters. The third-order valence-corrected chi connectivity index (χ3v) is 5.65. The van der Waals surface area contributed by atoms with Crippen LogP contribution < -0.4 is 5.32 Å². The molecular formula is C18H20N2O2S2. The fourth-order valence-electron chi connectivity index (χ4n) is 3.20. The van der Waals surface area contributed by atoms with Gasteiger partial charge in [-0.3, -0.25) is 14.5 Å². The van der Waals surface area contributed by atoms with E-state index < -0.39 is 0 Å². The summed E-state index contributed by atoms with van der Waals surface area (Å²) in [6.07, 6.45) is 7.45. The number of nitrogens with zero attached hydrogens (tertiary/aromatic N) is 1. The third-order valence-electron chi connectivity index (χ3n) is 4.32. The van der Waals surface area contributed by atoms with E-state index in [1.807, 2.05) is 30.3 Å². The quantitative estimate of drug-likeness (QED) is 0.649. The molecule has 0 aromatic heterocycles. The molecule has 0 bridgehead atoms. The number of anilines is 1. The van der Waals surface area contributed by atoms with Crippen LogP contribution in [0.5, 0.6) is 0 Å². The van der Waals surface area contributed by atoms with E-state index in [9.17, 15) is 9.59 Å². The van der Waals surface area contributed by atoms with Gasteiger partial charge in [0.05, 0.1) is 4.91 Å². The molecule has 0 spiro atoms. The molecule has 24 heavy (non-hydrogen) atoms. The summed E-state index contributed by atoms with van der Waals surface area (Å²) in [7, 11) is 0. The van der Waals surface area contributed by atoms with Gasteiger partial charge < -0.3 is 5.32 Å². The second-order valence-corrected chi connectivity index (χ2v) is 7.79. The molecule has 126 valence electrons. The first-order valence-corrected chi connectivity index (χ1v) is 9.42. The molecule has 0 atom stereocenters. The van der Waals surface area contributed by atoms with Crippen molar-refractivity contribution in [3.63, 3.8) is 0 Å². The first-order valence-electron chi connectivity index (χ1n) is 8.20. The topological polar surface area (TPSA) is 49.4 Å². The molecular weight excluding hydrogens is 340 g/mol. The number of rotatable bonds is 3. The van der Waals surface area contributed by atoms with Crippen molar-refractivity contribution >= 4 is 51.9 Å². The molecule has 4 nitrogen and oxygen atoms in total. The van der Waals surface area contributed by atoms with Crippen LogP contribution in [0.2, 0.25) is 0 Å².